The Hall–Kier alpha value is -2.01. The first kappa shape index (κ1) is 32.5. The van der Waals surface area contributed by atoms with E-state index >= 15 is 0 Å². The van der Waals surface area contributed by atoms with Crippen molar-refractivity contribution >= 4 is 10.0 Å². The SMILES string of the molecule is O=S(=O)(NC1CCCCC1)c1cccc(CCCCOCCCCCCNC[C@@H](O)c2ccc(O)c(CO)c2)c1. The van der Waals surface area contributed by atoms with Crippen LogP contribution in [0.2, 0.25) is 0 Å². The van der Waals surface area contributed by atoms with Gasteiger partial charge in [-0.2, -0.15) is 0 Å². The highest BCUT2D eigenvalue weighted by Gasteiger charge is 2.22. The number of unbranched alkanes of at least 4 members (excludes halogenated alkanes) is 4. The third-order valence-electron chi connectivity index (χ3n) is 7.53. The lowest BCUT2D eigenvalue weighted by atomic mass is 9.96. The summed E-state index contributed by atoms with van der Waals surface area (Å²) < 4.78 is 34.2. The zero-order chi connectivity index (χ0) is 28.6. The van der Waals surface area contributed by atoms with Crippen molar-refractivity contribution in [1.82, 2.24) is 10.0 Å². The van der Waals surface area contributed by atoms with Crippen LogP contribution in [0.1, 0.15) is 93.4 Å². The second-order valence-electron chi connectivity index (χ2n) is 10.9. The molecule has 8 nitrogen and oxygen atoms in total. The summed E-state index contributed by atoms with van der Waals surface area (Å²) in [4.78, 5) is 0.368. The Morgan fingerprint density at radius 1 is 0.925 bits per heavy atom. The topological polar surface area (TPSA) is 128 Å². The number of aryl methyl sites for hydroxylation is 1. The van der Waals surface area contributed by atoms with Crippen LogP contribution in [0, 0.1) is 0 Å². The largest absolute Gasteiger partial charge is 0.508 e. The molecule has 3 rings (SSSR count). The number of benzene rings is 2. The van der Waals surface area contributed by atoms with Crippen LogP contribution >= 0.6 is 0 Å². The van der Waals surface area contributed by atoms with Crippen LogP contribution in [0.3, 0.4) is 0 Å². The van der Waals surface area contributed by atoms with Gasteiger partial charge in [-0.3, -0.25) is 0 Å². The highest BCUT2D eigenvalue weighted by molar-refractivity contribution is 7.89. The van der Waals surface area contributed by atoms with Crippen molar-refractivity contribution in [1.29, 1.82) is 0 Å². The van der Waals surface area contributed by atoms with Gasteiger partial charge in [0.2, 0.25) is 10.0 Å². The fraction of sp³-hybridized carbons (Fsp3) is 0.613. The molecule has 1 atom stereocenters. The molecule has 0 amide bonds. The van der Waals surface area contributed by atoms with Crippen molar-refractivity contribution in [2.45, 2.75) is 101 Å². The van der Waals surface area contributed by atoms with E-state index in [2.05, 4.69) is 10.0 Å². The molecule has 1 fully saturated rings. The molecule has 9 heteroatoms. The Morgan fingerprint density at radius 3 is 2.45 bits per heavy atom. The minimum absolute atomic E-state index is 0.0357. The van der Waals surface area contributed by atoms with Crippen LogP contribution in [-0.2, 0) is 27.8 Å². The van der Waals surface area contributed by atoms with E-state index in [-0.39, 0.29) is 18.4 Å². The number of hydrogen-bond acceptors (Lipinski definition) is 7. The lowest BCUT2D eigenvalue weighted by Crippen LogP contribution is -2.36. The Kier molecular flexibility index (Phi) is 14.4. The van der Waals surface area contributed by atoms with Gasteiger partial charge in [-0.1, -0.05) is 50.3 Å². The van der Waals surface area contributed by atoms with Crippen LogP contribution < -0.4 is 10.0 Å². The fourth-order valence-electron chi connectivity index (χ4n) is 5.12. The second-order valence-corrected chi connectivity index (χ2v) is 12.6. The summed E-state index contributed by atoms with van der Waals surface area (Å²) in [7, 11) is -3.46. The van der Waals surface area contributed by atoms with Crippen molar-refractivity contribution in [2.75, 3.05) is 26.3 Å². The van der Waals surface area contributed by atoms with Crippen molar-refractivity contribution in [3.63, 3.8) is 0 Å². The maximum atomic E-state index is 12.8. The number of sulfonamides is 1. The Balaban J connectivity index is 1.17. The Bertz CT molecular complexity index is 1100. The molecule has 224 valence electrons. The first-order valence-electron chi connectivity index (χ1n) is 14.9. The summed E-state index contributed by atoms with van der Waals surface area (Å²) >= 11 is 0. The molecule has 0 spiro atoms. The highest BCUT2D eigenvalue weighted by Crippen LogP contribution is 2.23. The molecule has 0 heterocycles. The molecule has 1 aliphatic rings. The Morgan fingerprint density at radius 2 is 1.68 bits per heavy atom. The molecule has 0 radical (unpaired) electrons. The standard InChI is InChI=1S/C31H48N2O6S/c34-24-27-22-26(16-17-30(27)35)31(36)23-32-18-7-1-2-8-19-39-20-9-6-11-25-12-10-15-29(21-25)40(37,38)33-28-13-4-3-5-14-28/h10,12,15-17,21-22,28,31-36H,1-9,11,13-14,18-20,23-24H2/t31-/m1/s1. The molecule has 1 aliphatic carbocycles. The van der Waals surface area contributed by atoms with Crippen LogP contribution in [0.15, 0.2) is 47.4 Å². The average Bonchev–Trinajstić information content (AvgIpc) is 2.96. The minimum Gasteiger partial charge on any atom is -0.508 e. The van der Waals surface area contributed by atoms with Gasteiger partial charge in [-0.05, 0) is 86.9 Å². The summed E-state index contributed by atoms with van der Waals surface area (Å²) in [6.45, 7) is 2.46. The van der Waals surface area contributed by atoms with E-state index in [4.69, 9.17) is 4.74 Å². The molecule has 1 saturated carbocycles. The molecule has 2 aromatic rings. The lowest BCUT2D eigenvalue weighted by Gasteiger charge is -2.22. The average molecular weight is 577 g/mol. The maximum absolute atomic E-state index is 12.8. The summed E-state index contributed by atoms with van der Waals surface area (Å²) in [5.41, 5.74) is 2.14. The maximum Gasteiger partial charge on any atom is 0.240 e. The third kappa shape index (κ3) is 11.5. The Labute approximate surface area is 240 Å². The molecule has 2 aromatic carbocycles. The fourth-order valence-corrected chi connectivity index (χ4v) is 6.49. The van der Waals surface area contributed by atoms with Gasteiger partial charge in [0.05, 0.1) is 17.6 Å². The lowest BCUT2D eigenvalue weighted by molar-refractivity contribution is 0.126. The zero-order valence-corrected chi connectivity index (χ0v) is 24.5. The number of rotatable bonds is 19. The molecule has 0 aliphatic heterocycles. The van der Waals surface area contributed by atoms with Gasteiger partial charge in [0.15, 0.2) is 0 Å². The number of phenols is 1. The van der Waals surface area contributed by atoms with Gasteiger partial charge in [0, 0.05) is 31.4 Å². The molecule has 5 N–H and O–H groups in total. The number of nitrogens with one attached hydrogen (secondary N) is 2. The van der Waals surface area contributed by atoms with Gasteiger partial charge in [-0.15, -0.1) is 0 Å². The van der Waals surface area contributed by atoms with Crippen molar-refractivity contribution < 1.29 is 28.5 Å². The van der Waals surface area contributed by atoms with E-state index in [1.54, 1.807) is 18.2 Å². The number of aromatic hydroxyl groups is 1. The van der Waals surface area contributed by atoms with Crippen LogP contribution in [-0.4, -0.2) is 56.1 Å². The van der Waals surface area contributed by atoms with E-state index in [0.717, 1.165) is 96.0 Å². The first-order chi connectivity index (χ1) is 19.4. The van der Waals surface area contributed by atoms with Crippen molar-refractivity contribution in [2.24, 2.45) is 0 Å². The molecule has 40 heavy (non-hydrogen) atoms. The number of aliphatic hydroxyl groups excluding tert-OH is 2. The van der Waals surface area contributed by atoms with Crippen molar-refractivity contribution in [3.05, 3.63) is 59.2 Å². The van der Waals surface area contributed by atoms with Gasteiger partial charge in [0.1, 0.15) is 5.75 Å². The van der Waals surface area contributed by atoms with Crippen LogP contribution in [0.25, 0.3) is 0 Å². The smallest absolute Gasteiger partial charge is 0.240 e. The molecule has 0 unspecified atom stereocenters. The van der Waals surface area contributed by atoms with Gasteiger partial charge in [0.25, 0.3) is 0 Å². The summed E-state index contributed by atoms with van der Waals surface area (Å²) in [6.07, 6.45) is 11.5. The summed E-state index contributed by atoms with van der Waals surface area (Å²) in [5, 5.41) is 32.4. The van der Waals surface area contributed by atoms with Gasteiger partial charge >= 0.3 is 0 Å². The van der Waals surface area contributed by atoms with Crippen molar-refractivity contribution in [3.8, 4) is 5.75 Å². The molecule has 0 bridgehead atoms. The molecule has 0 aromatic heterocycles. The molecular weight excluding hydrogens is 528 g/mol. The summed E-state index contributed by atoms with van der Waals surface area (Å²) in [6, 6.07) is 12.2. The minimum atomic E-state index is -3.46. The van der Waals surface area contributed by atoms with E-state index < -0.39 is 16.1 Å². The van der Waals surface area contributed by atoms with Gasteiger partial charge in [-0.25, -0.2) is 13.1 Å². The number of ether oxygens (including phenoxy) is 1. The summed E-state index contributed by atoms with van der Waals surface area (Å²) in [5.74, 6) is 0.0357. The predicted octanol–water partition coefficient (Wildman–Crippen LogP) is 4.72. The van der Waals surface area contributed by atoms with E-state index in [9.17, 15) is 23.7 Å². The normalized spacial score (nSPS) is 15.3. The zero-order valence-electron chi connectivity index (χ0n) is 23.7. The van der Waals surface area contributed by atoms with Crippen LogP contribution in [0.4, 0.5) is 0 Å². The number of hydrogen-bond donors (Lipinski definition) is 5. The van der Waals surface area contributed by atoms with Gasteiger partial charge < -0.3 is 25.4 Å². The number of aliphatic hydroxyl groups is 2. The first-order valence-corrected chi connectivity index (χ1v) is 16.4. The van der Waals surface area contributed by atoms with E-state index in [0.29, 0.717) is 22.6 Å². The predicted molar refractivity (Wildman–Crippen MR) is 158 cm³/mol. The third-order valence-corrected chi connectivity index (χ3v) is 9.05. The quantitative estimate of drug-likeness (QED) is 0.153. The second kappa shape index (κ2) is 17.7. The molecular formula is C31H48N2O6S. The highest BCUT2D eigenvalue weighted by atomic mass is 32.2. The monoisotopic (exact) mass is 576 g/mol. The van der Waals surface area contributed by atoms with E-state index in [1.165, 1.54) is 12.5 Å². The molecule has 0 saturated heterocycles. The van der Waals surface area contributed by atoms with E-state index in [1.807, 2.05) is 18.2 Å². The van der Waals surface area contributed by atoms with Crippen LogP contribution in [0.5, 0.6) is 5.75 Å².